The molecule has 3 heteroatoms. The zero-order valence-corrected chi connectivity index (χ0v) is 28.3. The lowest BCUT2D eigenvalue weighted by Gasteiger charge is -2.37. The van der Waals surface area contributed by atoms with Gasteiger partial charge in [-0.1, -0.05) is 134 Å². The van der Waals surface area contributed by atoms with Gasteiger partial charge in [0, 0.05) is 30.9 Å². The lowest BCUT2D eigenvalue weighted by Crippen LogP contribution is -2.34. The molecule has 228 valence electrons. The highest BCUT2D eigenvalue weighted by Crippen LogP contribution is 2.46. The quantitative estimate of drug-likeness (QED) is 0.135. The van der Waals surface area contributed by atoms with Crippen LogP contribution in [0.2, 0.25) is 0 Å². The Balaban J connectivity index is 1.08. The summed E-state index contributed by atoms with van der Waals surface area (Å²) in [7, 11) is 0. The summed E-state index contributed by atoms with van der Waals surface area (Å²) in [5.41, 5.74) is 7.67. The van der Waals surface area contributed by atoms with Crippen LogP contribution >= 0.6 is 35.3 Å². The van der Waals surface area contributed by atoms with Crippen LogP contribution in [0.15, 0.2) is 178 Å². The van der Waals surface area contributed by atoms with Gasteiger partial charge >= 0.3 is 0 Å². The molecule has 1 fully saturated rings. The van der Waals surface area contributed by atoms with Crippen molar-refractivity contribution in [3.8, 4) is 33.4 Å². The second-order valence-electron chi connectivity index (χ2n) is 11.9. The summed E-state index contributed by atoms with van der Waals surface area (Å²) in [6.07, 6.45) is 3.85. The molecule has 0 spiro atoms. The minimum Gasteiger partial charge on any atom is -0.126 e. The van der Waals surface area contributed by atoms with E-state index in [1.54, 1.807) is 0 Å². The molecular formula is C43H38S3. The Bertz CT molecular complexity index is 1780. The van der Waals surface area contributed by atoms with Crippen LogP contribution in [-0.4, -0.2) is 16.3 Å². The third-order valence-electron chi connectivity index (χ3n) is 8.80. The highest BCUT2D eigenvalue weighted by Gasteiger charge is 2.35. The summed E-state index contributed by atoms with van der Waals surface area (Å²) in [4.78, 5) is 4.11. The summed E-state index contributed by atoms with van der Waals surface area (Å²) in [5.74, 6) is 1.79. The Labute approximate surface area is 287 Å². The smallest absolute Gasteiger partial charge is 0.0253 e. The van der Waals surface area contributed by atoms with Crippen LogP contribution < -0.4 is 0 Å². The molecule has 0 nitrogen and oxygen atoms in total. The van der Waals surface area contributed by atoms with Gasteiger partial charge in [-0.3, -0.25) is 0 Å². The Morgan fingerprint density at radius 1 is 0.391 bits per heavy atom. The first-order chi connectivity index (χ1) is 22.8. The summed E-state index contributed by atoms with van der Waals surface area (Å²) < 4.78 is 0. The van der Waals surface area contributed by atoms with Crippen molar-refractivity contribution in [2.75, 3.05) is 5.75 Å². The Morgan fingerprint density at radius 2 is 0.783 bits per heavy atom. The van der Waals surface area contributed by atoms with Crippen LogP contribution in [0, 0.1) is 5.92 Å². The van der Waals surface area contributed by atoms with E-state index in [2.05, 4.69) is 187 Å². The molecule has 3 atom stereocenters. The molecule has 1 saturated carbocycles. The van der Waals surface area contributed by atoms with Crippen LogP contribution in [0.3, 0.4) is 0 Å². The van der Waals surface area contributed by atoms with Crippen molar-refractivity contribution in [2.45, 2.75) is 44.4 Å². The predicted molar refractivity (Wildman–Crippen MR) is 203 cm³/mol. The van der Waals surface area contributed by atoms with E-state index in [-0.39, 0.29) is 0 Å². The van der Waals surface area contributed by atoms with E-state index < -0.39 is 0 Å². The first kappa shape index (κ1) is 31.0. The van der Waals surface area contributed by atoms with Gasteiger partial charge in [0.2, 0.25) is 0 Å². The second-order valence-corrected chi connectivity index (χ2v) is 15.6. The molecule has 3 unspecified atom stereocenters. The van der Waals surface area contributed by atoms with E-state index in [0.29, 0.717) is 16.4 Å². The van der Waals surface area contributed by atoms with Gasteiger partial charge in [0.1, 0.15) is 0 Å². The van der Waals surface area contributed by atoms with Gasteiger partial charge < -0.3 is 0 Å². The van der Waals surface area contributed by atoms with Gasteiger partial charge in [0.15, 0.2) is 0 Å². The molecule has 0 radical (unpaired) electrons. The van der Waals surface area contributed by atoms with Crippen molar-refractivity contribution in [3.05, 3.63) is 164 Å². The fraction of sp³-hybridized carbons (Fsp3) is 0.163. The number of hydrogen-bond acceptors (Lipinski definition) is 3. The fourth-order valence-electron chi connectivity index (χ4n) is 6.31. The van der Waals surface area contributed by atoms with Crippen LogP contribution in [0.4, 0.5) is 0 Å². The monoisotopic (exact) mass is 650 g/mol. The van der Waals surface area contributed by atoms with Crippen LogP contribution in [0.25, 0.3) is 33.4 Å². The average Bonchev–Trinajstić information content (AvgIpc) is 3.14. The summed E-state index contributed by atoms with van der Waals surface area (Å²) in [6, 6.07) is 59.7. The number of thioether (sulfide) groups is 3. The maximum Gasteiger partial charge on any atom is 0.0253 e. The zero-order valence-electron chi connectivity index (χ0n) is 25.9. The second kappa shape index (κ2) is 15.3. The summed E-state index contributed by atoms with van der Waals surface area (Å²) in [6.45, 7) is 0. The van der Waals surface area contributed by atoms with Crippen molar-refractivity contribution in [3.63, 3.8) is 0 Å². The minimum absolute atomic E-state index is 0.547. The normalized spacial score (nSPS) is 17.9. The molecule has 6 aromatic rings. The summed E-state index contributed by atoms with van der Waals surface area (Å²) in [5, 5.41) is 1.12. The van der Waals surface area contributed by atoms with Gasteiger partial charge in [0.25, 0.3) is 0 Å². The largest absolute Gasteiger partial charge is 0.126 e. The zero-order chi connectivity index (χ0) is 31.0. The molecular weight excluding hydrogens is 613 g/mol. The van der Waals surface area contributed by atoms with E-state index in [1.165, 1.54) is 67.3 Å². The molecule has 0 saturated heterocycles. The maximum atomic E-state index is 2.34. The Kier molecular flexibility index (Phi) is 10.3. The Morgan fingerprint density at radius 3 is 1.24 bits per heavy atom. The maximum absolute atomic E-state index is 2.34. The number of benzene rings is 6. The molecule has 7 rings (SSSR count). The SMILES string of the molecule is c1ccc(-c2ccc(SCC3CCCC(Sc4ccc(-c5ccccc5)cc4)C3Sc3ccc(-c4ccccc4)cc3)cc2)cc1. The molecule has 0 bridgehead atoms. The molecule has 0 heterocycles. The van der Waals surface area contributed by atoms with Crippen molar-refractivity contribution in [1.82, 2.24) is 0 Å². The van der Waals surface area contributed by atoms with Crippen LogP contribution in [0.1, 0.15) is 19.3 Å². The van der Waals surface area contributed by atoms with Crippen LogP contribution in [0.5, 0.6) is 0 Å². The minimum atomic E-state index is 0.547. The molecule has 1 aliphatic rings. The highest BCUT2D eigenvalue weighted by molar-refractivity contribution is 8.04. The van der Waals surface area contributed by atoms with Gasteiger partial charge in [-0.05, 0) is 88.5 Å². The molecule has 0 aliphatic heterocycles. The van der Waals surface area contributed by atoms with E-state index in [9.17, 15) is 0 Å². The molecule has 6 aromatic carbocycles. The van der Waals surface area contributed by atoms with Crippen molar-refractivity contribution < 1.29 is 0 Å². The third kappa shape index (κ3) is 7.83. The predicted octanol–water partition coefficient (Wildman–Crippen LogP) is 12.9. The first-order valence-electron chi connectivity index (χ1n) is 16.2. The van der Waals surface area contributed by atoms with Gasteiger partial charge in [0.05, 0.1) is 0 Å². The van der Waals surface area contributed by atoms with Crippen molar-refractivity contribution in [1.29, 1.82) is 0 Å². The van der Waals surface area contributed by atoms with E-state index >= 15 is 0 Å². The van der Waals surface area contributed by atoms with Gasteiger partial charge in [-0.2, -0.15) is 0 Å². The standard InChI is InChI=1S/C43H38S3/c1-4-11-32(12-5-1)35-19-25-39(26-20-35)44-31-38-17-10-18-42(45-40-27-21-36(22-28-40)33-13-6-2-7-14-33)43(38)46-41-29-23-37(24-30-41)34-15-8-3-9-16-34/h1-9,11-16,19-30,38,42-43H,10,17-18,31H2. The molecule has 1 aliphatic carbocycles. The molecule has 0 aromatic heterocycles. The van der Waals surface area contributed by atoms with Gasteiger partial charge in [-0.15, -0.1) is 35.3 Å². The lowest BCUT2D eigenvalue weighted by molar-refractivity contribution is 0.412. The van der Waals surface area contributed by atoms with Crippen LogP contribution in [-0.2, 0) is 0 Å². The van der Waals surface area contributed by atoms with Gasteiger partial charge in [-0.25, -0.2) is 0 Å². The first-order valence-corrected chi connectivity index (χ1v) is 19.0. The molecule has 46 heavy (non-hydrogen) atoms. The third-order valence-corrected chi connectivity index (χ3v) is 13.1. The number of rotatable bonds is 10. The van der Waals surface area contributed by atoms with E-state index in [1.807, 2.05) is 11.8 Å². The lowest BCUT2D eigenvalue weighted by atomic mass is 9.89. The fourth-order valence-corrected chi connectivity index (χ4v) is 10.5. The topological polar surface area (TPSA) is 0 Å². The average molecular weight is 651 g/mol. The molecule has 0 N–H and O–H groups in total. The molecule has 0 amide bonds. The number of hydrogen-bond donors (Lipinski definition) is 0. The Hall–Kier alpha value is -3.63. The van der Waals surface area contributed by atoms with E-state index in [4.69, 9.17) is 0 Å². The van der Waals surface area contributed by atoms with Crippen molar-refractivity contribution in [2.24, 2.45) is 5.92 Å². The summed E-state index contributed by atoms with van der Waals surface area (Å²) >= 11 is 6.23. The van der Waals surface area contributed by atoms with Crippen molar-refractivity contribution >= 4 is 35.3 Å². The van der Waals surface area contributed by atoms with E-state index in [0.717, 1.165) is 5.75 Å². The highest BCUT2D eigenvalue weighted by atomic mass is 32.2.